The number of nitrogens with one attached hydrogen (secondary N) is 4. The first kappa shape index (κ1) is 27.6. The number of aromatic nitrogens is 6. The van der Waals surface area contributed by atoms with E-state index in [4.69, 9.17) is 0 Å². The molecular formula is C32H29F2N9O. The topological polar surface area (TPSA) is 128 Å². The van der Waals surface area contributed by atoms with Crippen molar-refractivity contribution in [3.05, 3.63) is 72.7 Å². The summed E-state index contributed by atoms with van der Waals surface area (Å²) in [7, 11) is 3.96. The molecule has 0 aliphatic heterocycles. The smallest absolute Gasteiger partial charge is 0.227 e. The van der Waals surface area contributed by atoms with Gasteiger partial charge < -0.3 is 20.5 Å². The van der Waals surface area contributed by atoms with E-state index in [2.05, 4.69) is 40.8 Å². The lowest BCUT2D eigenvalue weighted by Crippen LogP contribution is -2.20. The number of fused-ring (bicyclic) bond motifs is 2. The van der Waals surface area contributed by atoms with Crippen LogP contribution in [0.2, 0.25) is 0 Å². The van der Waals surface area contributed by atoms with Crippen molar-refractivity contribution in [2.45, 2.75) is 12.8 Å². The van der Waals surface area contributed by atoms with Crippen molar-refractivity contribution in [1.82, 2.24) is 35.0 Å². The summed E-state index contributed by atoms with van der Waals surface area (Å²) >= 11 is 0. The largest absolute Gasteiger partial charge is 0.384 e. The molecule has 1 aliphatic carbocycles. The van der Waals surface area contributed by atoms with Crippen LogP contribution in [-0.4, -0.2) is 68.1 Å². The zero-order valence-electron chi connectivity index (χ0n) is 24.1. The average Bonchev–Trinajstić information content (AvgIpc) is 3.62. The zero-order valence-corrected chi connectivity index (χ0v) is 24.1. The van der Waals surface area contributed by atoms with E-state index in [1.54, 1.807) is 36.8 Å². The summed E-state index contributed by atoms with van der Waals surface area (Å²) in [5.74, 6) is -0.462. The zero-order chi connectivity index (χ0) is 30.4. The van der Waals surface area contributed by atoms with E-state index in [0.717, 1.165) is 24.9 Å². The Morgan fingerprint density at radius 3 is 2.68 bits per heavy atom. The van der Waals surface area contributed by atoms with Crippen molar-refractivity contribution in [2.75, 3.05) is 37.8 Å². The number of imidazole rings is 1. The molecule has 4 heterocycles. The summed E-state index contributed by atoms with van der Waals surface area (Å²) in [6, 6.07) is 11.6. The van der Waals surface area contributed by atoms with Crippen LogP contribution in [0.1, 0.15) is 12.8 Å². The minimum Gasteiger partial charge on any atom is -0.384 e. The number of benzene rings is 2. The molecule has 6 aromatic rings. The van der Waals surface area contributed by atoms with E-state index < -0.39 is 5.82 Å². The molecule has 1 amide bonds. The Morgan fingerprint density at radius 2 is 1.86 bits per heavy atom. The summed E-state index contributed by atoms with van der Waals surface area (Å²) in [5.41, 5.74) is 5.46. The molecule has 0 atom stereocenters. The van der Waals surface area contributed by atoms with Crippen LogP contribution in [0, 0.1) is 17.6 Å². The monoisotopic (exact) mass is 593 g/mol. The number of carbonyl (C=O) groups is 1. The lowest BCUT2D eigenvalue weighted by atomic mass is 10.0. The van der Waals surface area contributed by atoms with Gasteiger partial charge in [0.15, 0.2) is 17.3 Å². The Labute approximate surface area is 250 Å². The third-order valence-corrected chi connectivity index (χ3v) is 7.63. The van der Waals surface area contributed by atoms with E-state index in [0.29, 0.717) is 62.7 Å². The number of carbonyl (C=O) groups excluding carboxylic acids is 1. The molecule has 0 saturated heterocycles. The second-order valence-corrected chi connectivity index (χ2v) is 11.3. The van der Waals surface area contributed by atoms with Gasteiger partial charge in [-0.15, -0.1) is 0 Å². The van der Waals surface area contributed by atoms with Gasteiger partial charge in [0, 0.05) is 53.6 Å². The average molecular weight is 594 g/mol. The number of rotatable bonds is 9. The lowest BCUT2D eigenvalue weighted by Gasteiger charge is -2.13. The van der Waals surface area contributed by atoms with Crippen LogP contribution in [-0.2, 0) is 4.79 Å². The SMILES string of the molecule is CN(C)CCNc1cc(F)cc(-c2ccnc3nc(-c4[nH]nc5c(F)cc(-c6cncc(NC(=O)C7CC7)c6)cc45)[nH]c23)c1. The first-order chi connectivity index (χ1) is 21.3. The molecule has 44 heavy (non-hydrogen) atoms. The Kier molecular flexibility index (Phi) is 6.97. The van der Waals surface area contributed by atoms with Gasteiger partial charge in [-0.25, -0.2) is 18.7 Å². The normalized spacial score (nSPS) is 13.2. The first-order valence-electron chi connectivity index (χ1n) is 14.3. The van der Waals surface area contributed by atoms with Crippen LogP contribution >= 0.6 is 0 Å². The van der Waals surface area contributed by atoms with Crippen LogP contribution < -0.4 is 10.6 Å². The lowest BCUT2D eigenvalue weighted by molar-refractivity contribution is -0.117. The van der Waals surface area contributed by atoms with Gasteiger partial charge in [0.05, 0.1) is 17.4 Å². The molecule has 10 nitrogen and oxygen atoms in total. The number of H-pyrrole nitrogens is 2. The maximum atomic E-state index is 15.3. The van der Waals surface area contributed by atoms with Crippen molar-refractivity contribution < 1.29 is 13.6 Å². The molecule has 0 bridgehead atoms. The molecule has 1 fully saturated rings. The van der Waals surface area contributed by atoms with E-state index in [9.17, 15) is 9.18 Å². The highest BCUT2D eigenvalue weighted by molar-refractivity contribution is 5.98. The number of halogens is 2. The van der Waals surface area contributed by atoms with Crippen LogP contribution in [0.3, 0.4) is 0 Å². The van der Waals surface area contributed by atoms with Crippen LogP contribution in [0.25, 0.3) is 55.8 Å². The number of hydrogen-bond acceptors (Lipinski definition) is 7. The molecule has 1 aliphatic rings. The Bertz CT molecular complexity index is 2030. The third-order valence-electron chi connectivity index (χ3n) is 7.63. The molecule has 0 spiro atoms. The number of hydrogen-bond donors (Lipinski definition) is 4. The second-order valence-electron chi connectivity index (χ2n) is 11.3. The maximum absolute atomic E-state index is 15.3. The number of pyridine rings is 2. The van der Waals surface area contributed by atoms with Crippen molar-refractivity contribution in [2.24, 2.45) is 5.92 Å². The van der Waals surface area contributed by atoms with Crippen molar-refractivity contribution in [3.8, 4) is 33.8 Å². The van der Waals surface area contributed by atoms with Gasteiger partial charge >= 0.3 is 0 Å². The fraction of sp³-hybridized carbons (Fsp3) is 0.219. The Hall–Kier alpha value is -5.23. The number of aromatic amines is 2. The van der Waals surface area contributed by atoms with Crippen LogP contribution in [0.4, 0.5) is 20.2 Å². The predicted octanol–water partition coefficient (Wildman–Crippen LogP) is 5.83. The Balaban J connectivity index is 1.25. The minimum absolute atomic E-state index is 0.0318. The minimum atomic E-state index is -0.517. The molecule has 7 rings (SSSR count). The van der Waals surface area contributed by atoms with Crippen molar-refractivity contribution in [3.63, 3.8) is 0 Å². The molecular weight excluding hydrogens is 564 g/mol. The highest BCUT2D eigenvalue weighted by atomic mass is 19.1. The van der Waals surface area contributed by atoms with Gasteiger partial charge in [-0.05, 0) is 80.5 Å². The molecule has 4 aromatic heterocycles. The molecule has 222 valence electrons. The summed E-state index contributed by atoms with van der Waals surface area (Å²) in [6.45, 7) is 1.46. The van der Waals surface area contributed by atoms with Crippen molar-refractivity contribution >= 4 is 39.3 Å². The van der Waals surface area contributed by atoms with Gasteiger partial charge in [-0.2, -0.15) is 5.10 Å². The van der Waals surface area contributed by atoms with Crippen LogP contribution in [0.15, 0.2) is 61.1 Å². The van der Waals surface area contributed by atoms with E-state index in [-0.39, 0.29) is 23.2 Å². The fourth-order valence-electron chi connectivity index (χ4n) is 5.22. The van der Waals surface area contributed by atoms with E-state index in [1.165, 1.54) is 18.2 Å². The molecule has 12 heteroatoms. The highest BCUT2D eigenvalue weighted by Crippen LogP contribution is 2.35. The summed E-state index contributed by atoms with van der Waals surface area (Å²) in [6.07, 6.45) is 6.59. The third kappa shape index (κ3) is 5.47. The van der Waals surface area contributed by atoms with Gasteiger partial charge in [0.25, 0.3) is 0 Å². The number of likely N-dealkylation sites (N-methyl/N-ethyl adjacent to an activating group) is 1. The number of nitrogens with zero attached hydrogens (tertiary/aromatic N) is 5. The summed E-state index contributed by atoms with van der Waals surface area (Å²) < 4.78 is 30.0. The van der Waals surface area contributed by atoms with E-state index in [1.807, 2.05) is 25.1 Å². The molecule has 4 N–H and O–H groups in total. The molecule has 0 radical (unpaired) electrons. The molecule has 1 saturated carbocycles. The molecule has 2 aromatic carbocycles. The Morgan fingerprint density at radius 1 is 1.02 bits per heavy atom. The van der Waals surface area contributed by atoms with Gasteiger partial charge in [0.2, 0.25) is 5.91 Å². The second kappa shape index (κ2) is 11.1. The number of anilines is 2. The quantitative estimate of drug-likeness (QED) is 0.166. The van der Waals surface area contributed by atoms with E-state index >= 15 is 4.39 Å². The van der Waals surface area contributed by atoms with Gasteiger partial charge in [0.1, 0.15) is 17.0 Å². The maximum Gasteiger partial charge on any atom is 0.227 e. The predicted molar refractivity (Wildman–Crippen MR) is 166 cm³/mol. The summed E-state index contributed by atoms with van der Waals surface area (Å²) in [5, 5.41) is 13.8. The molecule has 0 unspecified atom stereocenters. The van der Waals surface area contributed by atoms with Crippen molar-refractivity contribution in [1.29, 1.82) is 0 Å². The van der Waals surface area contributed by atoms with Gasteiger partial charge in [-0.3, -0.25) is 14.9 Å². The first-order valence-corrected chi connectivity index (χ1v) is 14.3. The van der Waals surface area contributed by atoms with Crippen LogP contribution in [0.5, 0.6) is 0 Å². The fourth-order valence-corrected chi connectivity index (χ4v) is 5.22. The number of amides is 1. The van der Waals surface area contributed by atoms with Gasteiger partial charge in [-0.1, -0.05) is 0 Å². The standard InChI is InChI=1S/C32H29F2N9O/c1-43(2)8-7-36-22-10-19(9-21(33)14-22)24-5-6-37-30-28(24)39-31(40-30)29-25-12-18(13-26(34)27(25)41-42-29)20-11-23(16-35-15-20)38-32(44)17-3-4-17/h5-6,9-17,36H,3-4,7-8H2,1-2H3,(H,38,44)(H,41,42)(H,37,39,40). The summed E-state index contributed by atoms with van der Waals surface area (Å²) in [4.78, 5) is 30.9. The highest BCUT2D eigenvalue weighted by Gasteiger charge is 2.29.